The minimum atomic E-state index is 0.138. The van der Waals surface area contributed by atoms with Gasteiger partial charge in [-0.25, -0.2) is 0 Å². The molecule has 1 atom stereocenters. The third-order valence-electron chi connectivity index (χ3n) is 2.23. The Kier molecular flexibility index (Phi) is 3.50. The lowest BCUT2D eigenvalue weighted by Gasteiger charge is -2.10. The average Bonchev–Trinajstić information content (AvgIpc) is 2.33. The van der Waals surface area contributed by atoms with Crippen LogP contribution >= 0.6 is 23.8 Å². The van der Waals surface area contributed by atoms with Gasteiger partial charge in [-0.3, -0.25) is 4.68 Å². The maximum atomic E-state index is 6.01. The zero-order valence-corrected chi connectivity index (χ0v) is 10.1. The van der Waals surface area contributed by atoms with Crippen molar-refractivity contribution in [3.8, 4) is 0 Å². The zero-order valence-electron chi connectivity index (χ0n) is 8.54. The van der Waals surface area contributed by atoms with E-state index < -0.39 is 0 Å². The molecule has 1 aromatic rings. The first-order valence-corrected chi connectivity index (χ1v) is 5.21. The van der Waals surface area contributed by atoms with Gasteiger partial charge in [-0.1, -0.05) is 30.7 Å². The SMILES string of the molecule is Cc1nn(CC(C)C(N)=S)c(C)c1Cl. The van der Waals surface area contributed by atoms with E-state index in [0.29, 0.717) is 11.5 Å². The Hall–Kier alpha value is -0.610. The van der Waals surface area contributed by atoms with Gasteiger partial charge in [-0.05, 0) is 13.8 Å². The maximum absolute atomic E-state index is 6.01. The second-order valence-electron chi connectivity index (χ2n) is 3.47. The smallest absolute Gasteiger partial charge is 0.0844 e. The molecule has 0 saturated carbocycles. The Bertz CT molecular complexity index is 359. The molecule has 1 aromatic heterocycles. The van der Waals surface area contributed by atoms with E-state index in [1.807, 2.05) is 25.5 Å². The van der Waals surface area contributed by atoms with Gasteiger partial charge in [0.05, 0.1) is 27.9 Å². The summed E-state index contributed by atoms with van der Waals surface area (Å²) in [6.07, 6.45) is 0. The summed E-state index contributed by atoms with van der Waals surface area (Å²) in [6, 6.07) is 0. The van der Waals surface area contributed by atoms with E-state index in [4.69, 9.17) is 29.6 Å². The highest BCUT2D eigenvalue weighted by Gasteiger charge is 2.12. The fraction of sp³-hybridized carbons (Fsp3) is 0.556. The normalized spacial score (nSPS) is 12.9. The first-order chi connectivity index (χ1) is 6.43. The van der Waals surface area contributed by atoms with Crippen LogP contribution in [0.2, 0.25) is 5.02 Å². The van der Waals surface area contributed by atoms with E-state index in [-0.39, 0.29) is 5.92 Å². The number of aromatic nitrogens is 2. The third kappa shape index (κ3) is 2.25. The van der Waals surface area contributed by atoms with Crippen LogP contribution in [-0.2, 0) is 6.54 Å². The predicted octanol–water partition coefficient (Wildman–Crippen LogP) is 2.08. The summed E-state index contributed by atoms with van der Waals surface area (Å²) in [4.78, 5) is 0.508. The topological polar surface area (TPSA) is 43.8 Å². The highest BCUT2D eigenvalue weighted by atomic mass is 35.5. The molecule has 1 rings (SSSR count). The van der Waals surface area contributed by atoms with Crippen molar-refractivity contribution >= 4 is 28.8 Å². The first kappa shape index (κ1) is 11.5. The minimum absolute atomic E-state index is 0.138. The molecule has 0 radical (unpaired) electrons. The van der Waals surface area contributed by atoms with E-state index in [1.54, 1.807) is 0 Å². The van der Waals surface area contributed by atoms with Crippen molar-refractivity contribution in [2.45, 2.75) is 27.3 Å². The predicted molar refractivity (Wildman–Crippen MR) is 62.7 cm³/mol. The lowest BCUT2D eigenvalue weighted by molar-refractivity contribution is 0.528. The van der Waals surface area contributed by atoms with Crippen LogP contribution in [0, 0.1) is 19.8 Å². The van der Waals surface area contributed by atoms with Crippen LogP contribution in [0.1, 0.15) is 18.3 Å². The molecular formula is C9H14ClN3S. The van der Waals surface area contributed by atoms with E-state index in [1.165, 1.54) is 0 Å². The summed E-state index contributed by atoms with van der Waals surface area (Å²) in [5.41, 5.74) is 7.35. The molecular weight excluding hydrogens is 218 g/mol. The van der Waals surface area contributed by atoms with Gasteiger partial charge in [0.15, 0.2) is 0 Å². The molecule has 0 saturated heterocycles. The van der Waals surface area contributed by atoms with Crippen molar-refractivity contribution < 1.29 is 0 Å². The molecule has 1 unspecified atom stereocenters. The molecule has 0 spiro atoms. The lowest BCUT2D eigenvalue weighted by Crippen LogP contribution is -2.23. The van der Waals surface area contributed by atoms with Crippen LogP contribution < -0.4 is 5.73 Å². The molecule has 0 aliphatic carbocycles. The Morgan fingerprint density at radius 2 is 2.21 bits per heavy atom. The van der Waals surface area contributed by atoms with Gasteiger partial charge >= 0.3 is 0 Å². The van der Waals surface area contributed by atoms with Crippen molar-refractivity contribution in [1.82, 2.24) is 9.78 Å². The molecule has 0 amide bonds. The summed E-state index contributed by atoms with van der Waals surface area (Å²) in [6.45, 7) is 6.49. The van der Waals surface area contributed by atoms with Crippen LogP contribution in [0.3, 0.4) is 0 Å². The Labute approximate surface area is 94.2 Å². The summed E-state index contributed by atoms with van der Waals surface area (Å²) in [7, 11) is 0. The lowest BCUT2D eigenvalue weighted by atomic mass is 10.2. The molecule has 0 aromatic carbocycles. The number of hydrogen-bond donors (Lipinski definition) is 1. The van der Waals surface area contributed by atoms with Gasteiger partial charge in [-0.15, -0.1) is 0 Å². The van der Waals surface area contributed by atoms with Crippen LogP contribution in [-0.4, -0.2) is 14.8 Å². The van der Waals surface area contributed by atoms with E-state index in [0.717, 1.165) is 16.4 Å². The van der Waals surface area contributed by atoms with Crippen LogP contribution in [0.5, 0.6) is 0 Å². The number of aryl methyl sites for hydroxylation is 1. The third-order valence-corrected chi connectivity index (χ3v) is 3.18. The Morgan fingerprint density at radius 3 is 2.57 bits per heavy atom. The van der Waals surface area contributed by atoms with E-state index >= 15 is 0 Å². The molecule has 14 heavy (non-hydrogen) atoms. The summed E-state index contributed by atoms with van der Waals surface area (Å²) >= 11 is 10.9. The number of nitrogens with two attached hydrogens (primary N) is 1. The van der Waals surface area contributed by atoms with Gasteiger partial charge in [0.25, 0.3) is 0 Å². The van der Waals surface area contributed by atoms with Crippen molar-refractivity contribution in [3.05, 3.63) is 16.4 Å². The molecule has 2 N–H and O–H groups in total. The summed E-state index contributed by atoms with van der Waals surface area (Å²) in [5.74, 6) is 0.138. The van der Waals surface area contributed by atoms with Crippen molar-refractivity contribution in [1.29, 1.82) is 0 Å². The quantitative estimate of drug-likeness (QED) is 0.811. The molecule has 3 nitrogen and oxygen atoms in total. The highest BCUT2D eigenvalue weighted by molar-refractivity contribution is 7.80. The monoisotopic (exact) mass is 231 g/mol. The molecule has 0 fully saturated rings. The van der Waals surface area contributed by atoms with Crippen LogP contribution in [0.15, 0.2) is 0 Å². The zero-order chi connectivity index (χ0) is 10.9. The summed E-state index contributed by atoms with van der Waals surface area (Å²) in [5, 5.41) is 5.02. The average molecular weight is 232 g/mol. The number of rotatable bonds is 3. The number of nitrogens with zero attached hydrogens (tertiary/aromatic N) is 2. The molecule has 78 valence electrons. The number of halogens is 1. The Balaban J connectivity index is 2.87. The van der Waals surface area contributed by atoms with E-state index in [2.05, 4.69) is 5.10 Å². The van der Waals surface area contributed by atoms with Crippen molar-refractivity contribution in [3.63, 3.8) is 0 Å². The maximum Gasteiger partial charge on any atom is 0.0844 e. The van der Waals surface area contributed by atoms with Gasteiger partial charge in [0.2, 0.25) is 0 Å². The molecule has 1 heterocycles. The molecule has 0 aliphatic rings. The molecule has 5 heteroatoms. The van der Waals surface area contributed by atoms with Crippen LogP contribution in [0.4, 0.5) is 0 Å². The Morgan fingerprint density at radius 1 is 1.64 bits per heavy atom. The highest BCUT2D eigenvalue weighted by Crippen LogP contribution is 2.19. The largest absolute Gasteiger partial charge is 0.393 e. The first-order valence-electron chi connectivity index (χ1n) is 4.42. The number of hydrogen-bond acceptors (Lipinski definition) is 2. The van der Waals surface area contributed by atoms with Gasteiger partial charge < -0.3 is 5.73 Å². The van der Waals surface area contributed by atoms with Gasteiger partial charge in [0.1, 0.15) is 0 Å². The second-order valence-corrected chi connectivity index (χ2v) is 4.32. The second kappa shape index (κ2) is 4.28. The minimum Gasteiger partial charge on any atom is -0.393 e. The molecule has 0 bridgehead atoms. The van der Waals surface area contributed by atoms with Gasteiger partial charge in [-0.2, -0.15) is 5.10 Å². The molecule has 0 aliphatic heterocycles. The fourth-order valence-corrected chi connectivity index (χ4v) is 1.41. The summed E-state index contributed by atoms with van der Waals surface area (Å²) < 4.78 is 1.85. The van der Waals surface area contributed by atoms with Crippen molar-refractivity contribution in [2.75, 3.05) is 0 Å². The van der Waals surface area contributed by atoms with Crippen molar-refractivity contribution in [2.24, 2.45) is 11.7 Å². The fourth-order valence-electron chi connectivity index (χ4n) is 1.20. The van der Waals surface area contributed by atoms with E-state index in [9.17, 15) is 0 Å². The van der Waals surface area contributed by atoms with Gasteiger partial charge in [0, 0.05) is 5.92 Å². The van der Waals surface area contributed by atoms with Crippen LogP contribution in [0.25, 0.3) is 0 Å². The standard InChI is InChI=1S/C9H14ClN3S/c1-5(9(11)14)4-13-7(3)8(10)6(2)12-13/h5H,4H2,1-3H3,(H2,11,14). The number of thiocarbonyl (C=S) groups is 1.